The summed E-state index contributed by atoms with van der Waals surface area (Å²) in [5.41, 5.74) is 2.70. The topological polar surface area (TPSA) is 42.2 Å². The van der Waals surface area contributed by atoms with Gasteiger partial charge in [-0.05, 0) is 41.5 Å². The van der Waals surface area contributed by atoms with Gasteiger partial charge in [0.05, 0.1) is 10.0 Å². The number of carbonyl (C=O) groups is 1. The molecular weight excluding hydrogens is 400 g/mol. The minimum Gasteiger partial charge on any atom is -0.477 e. The third-order valence-corrected chi connectivity index (χ3v) is 5.39. The average molecular weight is 414 g/mol. The Kier molecular flexibility index (Phi) is 4.84. The summed E-state index contributed by atoms with van der Waals surface area (Å²) in [5, 5.41) is 11.2. The largest absolute Gasteiger partial charge is 0.477 e. The van der Waals surface area contributed by atoms with Crippen molar-refractivity contribution >= 4 is 40.1 Å². The SMILES string of the molecule is O=C(O)c1cc2c(-c3ccccc3F)cccc2n1Cc1ccc(Cl)c(Cl)c1. The van der Waals surface area contributed by atoms with E-state index in [1.807, 2.05) is 6.07 Å². The van der Waals surface area contributed by atoms with Crippen LogP contribution in [0, 0.1) is 5.82 Å². The molecule has 6 heteroatoms. The molecular formula is C22H14Cl2FNO2. The zero-order valence-corrected chi connectivity index (χ0v) is 16.0. The number of halogens is 3. The van der Waals surface area contributed by atoms with Crippen LogP contribution >= 0.6 is 23.2 Å². The Labute approximate surface area is 170 Å². The van der Waals surface area contributed by atoms with Gasteiger partial charge in [-0.15, -0.1) is 0 Å². The van der Waals surface area contributed by atoms with E-state index in [4.69, 9.17) is 23.2 Å². The number of rotatable bonds is 4. The van der Waals surface area contributed by atoms with Gasteiger partial charge in [-0.2, -0.15) is 0 Å². The van der Waals surface area contributed by atoms with Crippen molar-refractivity contribution in [3.63, 3.8) is 0 Å². The number of carboxylic acids is 1. The van der Waals surface area contributed by atoms with Gasteiger partial charge < -0.3 is 9.67 Å². The fraction of sp³-hybridized carbons (Fsp3) is 0.0455. The van der Waals surface area contributed by atoms with Gasteiger partial charge in [-0.3, -0.25) is 0 Å². The lowest BCUT2D eigenvalue weighted by molar-refractivity contribution is 0.0686. The van der Waals surface area contributed by atoms with Crippen molar-refractivity contribution in [2.75, 3.05) is 0 Å². The summed E-state index contributed by atoms with van der Waals surface area (Å²) in [5.74, 6) is -1.42. The third kappa shape index (κ3) is 3.26. The highest BCUT2D eigenvalue weighted by molar-refractivity contribution is 6.42. The van der Waals surface area contributed by atoms with Crippen molar-refractivity contribution in [1.82, 2.24) is 4.57 Å². The number of aromatic nitrogens is 1. The van der Waals surface area contributed by atoms with E-state index in [0.29, 0.717) is 38.6 Å². The first-order valence-corrected chi connectivity index (χ1v) is 9.25. The van der Waals surface area contributed by atoms with E-state index in [0.717, 1.165) is 5.56 Å². The number of nitrogens with zero attached hydrogens (tertiary/aromatic N) is 1. The van der Waals surface area contributed by atoms with Crippen LogP contribution in [0.15, 0.2) is 66.7 Å². The molecule has 1 heterocycles. The first-order chi connectivity index (χ1) is 13.5. The fourth-order valence-electron chi connectivity index (χ4n) is 3.37. The maximum atomic E-state index is 14.3. The van der Waals surface area contributed by atoms with Crippen molar-refractivity contribution in [2.45, 2.75) is 6.54 Å². The molecule has 0 amide bonds. The van der Waals surface area contributed by atoms with Gasteiger partial charge in [-0.25, -0.2) is 9.18 Å². The molecule has 0 aliphatic rings. The molecule has 0 atom stereocenters. The molecule has 0 fully saturated rings. The van der Waals surface area contributed by atoms with E-state index in [1.165, 1.54) is 6.07 Å². The van der Waals surface area contributed by atoms with E-state index >= 15 is 0 Å². The quantitative estimate of drug-likeness (QED) is 0.414. The van der Waals surface area contributed by atoms with Crippen LogP contribution in [0.1, 0.15) is 16.1 Å². The molecule has 3 aromatic carbocycles. The smallest absolute Gasteiger partial charge is 0.352 e. The lowest BCUT2D eigenvalue weighted by Gasteiger charge is -2.10. The van der Waals surface area contributed by atoms with Crippen LogP contribution in [0.5, 0.6) is 0 Å². The van der Waals surface area contributed by atoms with Crippen LogP contribution in [0.3, 0.4) is 0 Å². The van der Waals surface area contributed by atoms with E-state index in [9.17, 15) is 14.3 Å². The summed E-state index contributed by atoms with van der Waals surface area (Å²) in [4.78, 5) is 11.9. The first-order valence-electron chi connectivity index (χ1n) is 8.50. The second-order valence-electron chi connectivity index (χ2n) is 6.39. The minimum absolute atomic E-state index is 0.116. The van der Waals surface area contributed by atoms with Crippen LogP contribution in [-0.4, -0.2) is 15.6 Å². The minimum atomic E-state index is -1.06. The van der Waals surface area contributed by atoms with Gasteiger partial charge in [0.15, 0.2) is 0 Å². The fourth-order valence-corrected chi connectivity index (χ4v) is 3.69. The number of carboxylic acid groups (broad SMARTS) is 1. The lowest BCUT2D eigenvalue weighted by Crippen LogP contribution is -2.09. The third-order valence-electron chi connectivity index (χ3n) is 4.65. The Bertz CT molecular complexity index is 1220. The van der Waals surface area contributed by atoms with Crippen LogP contribution in [0.4, 0.5) is 4.39 Å². The second-order valence-corrected chi connectivity index (χ2v) is 7.20. The van der Waals surface area contributed by atoms with Crippen molar-refractivity contribution in [3.05, 3.63) is 93.8 Å². The average Bonchev–Trinajstić information content (AvgIpc) is 3.04. The Morgan fingerprint density at radius 2 is 1.68 bits per heavy atom. The van der Waals surface area contributed by atoms with Crippen molar-refractivity contribution in [1.29, 1.82) is 0 Å². The van der Waals surface area contributed by atoms with Crippen LogP contribution < -0.4 is 0 Å². The maximum absolute atomic E-state index is 14.3. The van der Waals surface area contributed by atoms with Crippen molar-refractivity contribution < 1.29 is 14.3 Å². The molecule has 1 N–H and O–H groups in total. The molecule has 4 rings (SSSR count). The Morgan fingerprint density at radius 1 is 0.929 bits per heavy atom. The number of hydrogen-bond acceptors (Lipinski definition) is 1. The van der Waals surface area contributed by atoms with E-state index in [-0.39, 0.29) is 11.5 Å². The highest BCUT2D eigenvalue weighted by Crippen LogP contribution is 2.33. The number of benzene rings is 3. The molecule has 1 aromatic heterocycles. The Hall–Kier alpha value is -2.82. The van der Waals surface area contributed by atoms with Crippen LogP contribution in [-0.2, 0) is 6.54 Å². The summed E-state index contributed by atoms with van der Waals surface area (Å²) in [7, 11) is 0. The van der Waals surface area contributed by atoms with Crippen LogP contribution in [0.25, 0.3) is 22.0 Å². The Balaban J connectivity index is 1.92. The molecule has 28 heavy (non-hydrogen) atoms. The summed E-state index contributed by atoms with van der Waals surface area (Å²) >= 11 is 12.1. The van der Waals surface area contributed by atoms with Gasteiger partial charge >= 0.3 is 5.97 Å². The number of hydrogen-bond donors (Lipinski definition) is 1. The highest BCUT2D eigenvalue weighted by Gasteiger charge is 2.18. The van der Waals surface area contributed by atoms with E-state index in [1.54, 1.807) is 59.2 Å². The summed E-state index contributed by atoms with van der Waals surface area (Å²) in [6.07, 6.45) is 0. The standard InChI is InChI=1S/C22H14Cl2FNO2/c23-17-9-8-13(10-18(17)24)12-26-20-7-3-5-14(15-4-1-2-6-19(15)25)16(20)11-21(26)22(27)28/h1-11H,12H2,(H,27,28). The number of aromatic carboxylic acids is 1. The zero-order valence-electron chi connectivity index (χ0n) is 14.5. The lowest BCUT2D eigenvalue weighted by atomic mass is 10.0. The predicted molar refractivity (Wildman–Crippen MR) is 110 cm³/mol. The van der Waals surface area contributed by atoms with Gasteiger partial charge in [0.2, 0.25) is 0 Å². The van der Waals surface area contributed by atoms with Gasteiger partial charge in [0.25, 0.3) is 0 Å². The van der Waals surface area contributed by atoms with Crippen molar-refractivity contribution in [3.8, 4) is 11.1 Å². The van der Waals surface area contributed by atoms with Gasteiger partial charge in [0.1, 0.15) is 11.5 Å². The van der Waals surface area contributed by atoms with Crippen LogP contribution in [0.2, 0.25) is 10.0 Å². The molecule has 0 radical (unpaired) electrons. The molecule has 0 spiro atoms. The molecule has 3 nitrogen and oxygen atoms in total. The summed E-state index contributed by atoms with van der Waals surface area (Å²) in [6, 6.07) is 18.6. The zero-order chi connectivity index (χ0) is 19.8. The van der Waals surface area contributed by atoms with E-state index < -0.39 is 5.97 Å². The van der Waals surface area contributed by atoms with Gasteiger partial charge in [0, 0.05) is 23.0 Å². The highest BCUT2D eigenvalue weighted by atomic mass is 35.5. The van der Waals surface area contributed by atoms with E-state index in [2.05, 4.69) is 0 Å². The van der Waals surface area contributed by atoms with Crippen molar-refractivity contribution in [2.24, 2.45) is 0 Å². The normalized spacial score (nSPS) is 11.1. The predicted octanol–water partition coefficient (Wildman–Crippen LogP) is 6.50. The molecule has 0 aliphatic carbocycles. The molecule has 140 valence electrons. The molecule has 4 aromatic rings. The molecule has 0 aliphatic heterocycles. The second kappa shape index (κ2) is 7.30. The Morgan fingerprint density at radius 3 is 2.39 bits per heavy atom. The number of fused-ring (bicyclic) bond motifs is 1. The van der Waals surface area contributed by atoms with Gasteiger partial charge in [-0.1, -0.05) is 59.6 Å². The summed E-state index contributed by atoms with van der Waals surface area (Å²) < 4.78 is 16.0. The summed E-state index contributed by atoms with van der Waals surface area (Å²) in [6.45, 7) is 0.294. The first kappa shape index (κ1) is 18.5. The molecule has 0 saturated carbocycles. The molecule has 0 unspecified atom stereocenters. The monoisotopic (exact) mass is 413 g/mol. The molecule has 0 bridgehead atoms. The molecule has 0 saturated heterocycles. The maximum Gasteiger partial charge on any atom is 0.352 e.